The molecule has 9 heteroatoms. The van der Waals surface area contributed by atoms with Crippen LogP contribution in [0.15, 0.2) is 18.2 Å². The summed E-state index contributed by atoms with van der Waals surface area (Å²) in [6.45, 7) is 4.97. The number of rotatable bonds is 4. The number of ether oxygens (including phenoxy) is 1. The number of hydrogen-bond acceptors (Lipinski definition) is 3. The molecule has 3 nitrogen and oxygen atoms in total. The van der Waals surface area contributed by atoms with Gasteiger partial charge in [-0.1, -0.05) is 0 Å². The molecule has 0 unspecified atom stereocenters. The number of aliphatic hydroxyl groups excluding tert-OH is 1. The Hall–Kier alpha value is -1.32. The first kappa shape index (κ1) is 22.4. The van der Waals surface area contributed by atoms with Gasteiger partial charge in [0.15, 0.2) is 0 Å². The van der Waals surface area contributed by atoms with Crippen LogP contribution < -0.4 is 0 Å². The molecule has 3 atom stereocenters. The molecule has 164 valence electrons. The number of likely N-dealkylation sites (tertiary alicyclic amines) is 1. The van der Waals surface area contributed by atoms with Gasteiger partial charge in [0.1, 0.15) is 0 Å². The van der Waals surface area contributed by atoms with Crippen LogP contribution in [0.5, 0.6) is 0 Å². The Morgan fingerprint density at radius 3 is 2.00 bits per heavy atom. The standard InChI is InChI=1S/C20H25F6NO2/c1-3-29-17-11-16(28)18(17)4-6-27(7-5-18)12(2)13-8-14(19(21,22)23)10-15(9-13)20(24,25)26/h8-10,12,16-17,28H,3-7,11H2,1-2H3/t12-,16-,17-/m1/s1. The minimum absolute atomic E-state index is 0.0152. The topological polar surface area (TPSA) is 32.7 Å². The van der Waals surface area contributed by atoms with Gasteiger partial charge < -0.3 is 9.84 Å². The molecule has 1 aromatic carbocycles. The normalized spacial score (nSPS) is 26.4. The van der Waals surface area contributed by atoms with E-state index in [1.54, 1.807) is 6.92 Å². The van der Waals surface area contributed by atoms with Crippen molar-refractivity contribution in [1.82, 2.24) is 4.90 Å². The molecule has 2 aliphatic rings. The highest BCUT2D eigenvalue weighted by Gasteiger charge is 2.56. The highest BCUT2D eigenvalue weighted by Crippen LogP contribution is 2.51. The summed E-state index contributed by atoms with van der Waals surface area (Å²) in [5.41, 5.74) is -2.97. The second-order valence-electron chi connectivity index (χ2n) is 7.98. The van der Waals surface area contributed by atoms with Gasteiger partial charge in [0.05, 0.1) is 23.3 Å². The number of alkyl halides is 6. The molecule has 1 N–H and O–H groups in total. The first-order valence-electron chi connectivity index (χ1n) is 9.71. The van der Waals surface area contributed by atoms with Crippen molar-refractivity contribution in [2.24, 2.45) is 5.41 Å². The fourth-order valence-electron chi connectivity index (χ4n) is 4.58. The number of aliphatic hydroxyl groups is 1. The summed E-state index contributed by atoms with van der Waals surface area (Å²) in [7, 11) is 0. The fraction of sp³-hybridized carbons (Fsp3) is 0.700. The van der Waals surface area contributed by atoms with Crippen LogP contribution in [0.1, 0.15) is 55.8 Å². The molecule has 3 rings (SSSR count). The summed E-state index contributed by atoms with van der Waals surface area (Å²) < 4.78 is 84.5. The molecule has 1 saturated heterocycles. The van der Waals surface area contributed by atoms with E-state index in [0.717, 1.165) is 12.1 Å². The summed E-state index contributed by atoms with van der Waals surface area (Å²) in [4.78, 5) is 1.87. The Morgan fingerprint density at radius 1 is 1.07 bits per heavy atom. The van der Waals surface area contributed by atoms with Crippen LogP contribution in [0.3, 0.4) is 0 Å². The molecule has 0 amide bonds. The first-order chi connectivity index (χ1) is 13.4. The summed E-state index contributed by atoms with van der Waals surface area (Å²) in [6, 6.07) is 1.13. The monoisotopic (exact) mass is 425 g/mol. The predicted octanol–water partition coefficient (Wildman–Crippen LogP) is 5.04. The molecule has 0 radical (unpaired) electrons. The van der Waals surface area contributed by atoms with Gasteiger partial charge in [0.25, 0.3) is 0 Å². The van der Waals surface area contributed by atoms with Gasteiger partial charge in [-0.05, 0) is 63.5 Å². The number of benzene rings is 1. The van der Waals surface area contributed by atoms with Crippen LogP contribution in [-0.2, 0) is 17.1 Å². The summed E-state index contributed by atoms with van der Waals surface area (Å²) >= 11 is 0. The molecule has 29 heavy (non-hydrogen) atoms. The average molecular weight is 425 g/mol. The summed E-state index contributed by atoms with van der Waals surface area (Å²) in [6.07, 6.45) is -8.51. The SMILES string of the molecule is CCO[C@@H]1C[C@@H](O)C12CCN([C@H](C)c1cc(C(F)(F)F)cc(C(F)(F)F)c1)CC2. The molecule has 1 aromatic rings. The second-order valence-corrected chi connectivity index (χ2v) is 7.98. The smallest absolute Gasteiger partial charge is 0.392 e. The lowest BCUT2D eigenvalue weighted by Crippen LogP contribution is -2.62. The molecular weight excluding hydrogens is 400 g/mol. The Labute approximate surface area is 165 Å². The van der Waals surface area contributed by atoms with Gasteiger partial charge in [0, 0.05) is 24.5 Å². The van der Waals surface area contributed by atoms with Crippen molar-refractivity contribution >= 4 is 0 Å². The van der Waals surface area contributed by atoms with E-state index in [0.29, 0.717) is 39.0 Å². The Balaban J connectivity index is 1.80. The van der Waals surface area contributed by atoms with E-state index in [1.165, 1.54) is 0 Å². The van der Waals surface area contributed by atoms with Crippen LogP contribution in [-0.4, -0.2) is 41.9 Å². The van der Waals surface area contributed by atoms with E-state index in [4.69, 9.17) is 4.74 Å². The van der Waals surface area contributed by atoms with Crippen molar-refractivity contribution in [3.05, 3.63) is 34.9 Å². The second kappa shape index (κ2) is 7.74. The number of halogens is 6. The molecule has 1 saturated carbocycles. The summed E-state index contributed by atoms with van der Waals surface area (Å²) in [5.74, 6) is 0. The van der Waals surface area contributed by atoms with E-state index >= 15 is 0 Å². The van der Waals surface area contributed by atoms with Gasteiger partial charge in [-0.2, -0.15) is 26.3 Å². The van der Waals surface area contributed by atoms with Gasteiger partial charge in [-0.25, -0.2) is 0 Å². The van der Waals surface area contributed by atoms with Crippen molar-refractivity contribution in [3.63, 3.8) is 0 Å². The zero-order valence-corrected chi connectivity index (χ0v) is 16.3. The lowest BCUT2D eigenvalue weighted by Gasteiger charge is -2.57. The fourth-order valence-corrected chi connectivity index (χ4v) is 4.58. The Bertz CT molecular complexity index is 690. The Kier molecular flexibility index (Phi) is 5.97. The zero-order valence-electron chi connectivity index (χ0n) is 16.3. The molecule has 1 aliphatic heterocycles. The van der Waals surface area contributed by atoms with Gasteiger partial charge >= 0.3 is 12.4 Å². The average Bonchev–Trinajstić information content (AvgIpc) is 2.65. The maximum atomic E-state index is 13.1. The minimum atomic E-state index is -4.86. The highest BCUT2D eigenvalue weighted by molar-refractivity contribution is 5.35. The van der Waals surface area contributed by atoms with Crippen molar-refractivity contribution in [3.8, 4) is 0 Å². The largest absolute Gasteiger partial charge is 0.416 e. The van der Waals surface area contributed by atoms with E-state index in [1.807, 2.05) is 11.8 Å². The maximum absolute atomic E-state index is 13.1. The molecule has 0 aromatic heterocycles. The minimum Gasteiger partial charge on any atom is -0.392 e. The van der Waals surface area contributed by atoms with Crippen molar-refractivity contribution in [1.29, 1.82) is 0 Å². The predicted molar refractivity (Wildman–Crippen MR) is 94.1 cm³/mol. The van der Waals surface area contributed by atoms with E-state index in [9.17, 15) is 31.4 Å². The molecule has 1 heterocycles. The van der Waals surface area contributed by atoms with Crippen LogP contribution in [0.4, 0.5) is 26.3 Å². The van der Waals surface area contributed by atoms with E-state index in [-0.39, 0.29) is 23.1 Å². The van der Waals surface area contributed by atoms with Gasteiger partial charge in [-0.3, -0.25) is 4.90 Å². The van der Waals surface area contributed by atoms with E-state index in [2.05, 4.69) is 0 Å². The molecule has 2 fully saturated rings. The van der Waals surface area contributed by atoms with Crippen LogP contribution in [0.2, 0.25) is 0 Å². The van der Waals surface area contributed by atoms with Gasteiger partial charge in [-0.15, -0.1) is 0 Å². The van der Waals surface area contributed by atoms with Gasteiger partial charge in [0.2, 0.25) is 0 Å². The zero-order chi connectivity index (χ0) is 21.6. The van der Waals surface area contributed by atoms with E-state index < -0.39 is 35.6 Å². The lowest BCUT2D eigenvalue weighted by atomic mass is 9.58. The first-order valence-corrected chi connectivity index (χ1v) is 9.71. The number of piperidine rings is 1. The number of hydrogen-bond donors (Lipinski definition) is 1. The number of nitrogens with zero attached hydrogens (tertiary/aromatic N) is 1. The third kappa shape index (κ3) is 4.27. The third-order valence-electron chi connectivity index (χ3n) is 6.48. The molecule has 1 spiro atoms. The lowest BCUT2D eigenvalue weighted by molar-refractivity contribution is -0.211. The van der Waals surface area contributed by atoms with Crippen LogP contribution in [0.25, 0.3) is 0 Å². The molecule has 0 bridgehead atoms. The quantitative estimate of drug-likeness (QED) is 0.687. The third-order valence-corrected chi connectivity index (χ3v) is 6.48. The van der Waals surface area contributed by atoms with Crippen LogP contribution in [0, 0.1) is 5.41 Å². The Morgan fingerprint density at radius 2 is 1.59 bits per heavy atom. The van der Waals surface area contributed by atoms with Crippen molar-refractivity contribution in [2.45, 2.75) is 63.7 Å². The molecular formula is C20H25F6NO2. The molecule has 1 aliphatic carbocycles. The highest BCUT2D eigenvalue weighted by atomic mass is 19.4. The van der Waals surface area contributed by atoms with Crippen molar-refractivity contribution in [2.75, 3.05) is 19.7 Å². The van der Waals surface area contributed by atoms with Crippen LogP contribution >= 0.6 is 0 Å². The summed E-state index contributed by atoms with van der Waals surface area (Å²) in [5, 5.41) is 10.3. The van der Waals surface area contributed by atoms with Crippen molar-refractivity contribution < 1.29 is 36.2 Å². The maximum Gasteiger partial charge on any atom is 0.416 e.